The van der Waals surface area contributed by atoms with Crippen molar-refractivity contribution in [1.82, 2.24) is 15.5 Å². The summed E-state index contributed by atoms with van der Waals surface area (Å²) >= 11 is 0. The maximum atomic E-state index is 12.5. The van der Waals surface area contributed by atoms with Crippen LogP contribution in [0.3, 0.4) is 0 Å². The number of nitrogens with one attached hydrogen (secondary N) is 2. The normalized spacial score (nSPS) is 17.9. The molecule has 0 saturated heterocycles. The van der Waals surface area contributed by atoms with Gasteiger partial charge in [-0.25, -0.2) is 0 Å². The molecule has 0 aromatic carbocycles. The van der Waals surface area contributed by atoms with Gasteiger partial charge >= 0.3 is 0 Å². The Hall–Kier alpha value is -1.26. The molecule has 1 fully saturated rings. The van der Waals surface area contributed by atoms with Crippen LogP contribution in [-0.2, 0) is 4.79 Å². The largest absolute Gasteiger partial charge is 0.356 e. The van der Waals surface area contributed by atoms with Crippen LogP contribution in [0.25, 0.3) is 0 Å². The number of hydrogen-bond acceptors (Lipinski definition) is 2. The third kappa shape index (κ3) is 5.21. The fourth-order valence-corrected chi connectivity index (χ4v) is 2.95. The van der Waals surface area contributed by atoms with Gasteiger partial charge in [-0.3, -0.25) is 9.79 Å². The zero-order valence-electron chi connectivity index (χ0n) is 14.3. The second-order valence-electron chi connectivity index (χ2n) is 6.72. The summed E-state index contributed by atoms with van der Waals surface area (Å²) in [6.07, 6.45) is 5.34. The SMILES string of the molecule is CN=C(NCCC(C)C)NCC1(C(=O)N(C)C)CCCC1. The molecule has 122 valence electrons. The smallest absolute Gasteiger partial charge is 0.230 e. The summed E-state index contributed by atoms with van der Waals surface area (Å²) in [6.45, 7) is 6.00. The minimum atomic E-state index is -0.251. The molecule has 5 nitrogen and oxygen atoms in total. The van der Waals surface area contributed by atoms with Gasteiger partial charge in [-0.2, -0.15) is 0 Å². The molecule has 0 aromatic heterocycles. The Balaban J connectivity index is 2.54. The summed E-state index contributed by atoms with van der Waals surface area (Å²) in [6, 6.07) is 0. The van der Waals surface area contributed by atoms with Crippen LogP contribution in [0.5, 0.6) is 0 Å². The number of amides is 1. The van der Waals surface area contributed by atoms with Gasteiger partial charge in [-0.05, 0) is 25.2 Å². The third-order valence-corrected chi connectivity index (χ3v) is 4.25. The van der Waals surface area contributed by atoms with E-state index < -0.39 is 0 Å². The highest BCUT2D eigenvalue weighted by atomic mass is 16.2. The van der Waals surface area contributed by atoms with E-state index >= 15 is 0 Å². The number of carbonyl (C=O) groups excluding carboxylic acids is 1. The zero-order valence-corrected chi connectivity index (χ0v) is 14.3. The van der Waals surface area contributed by atoms with Crippen LogP contribution >= 0.6 is 0 Å². The standard InChI is InChI=1S/C16H32N4O/c1-13(2)8-11-18-15(17-3)19-12-16(9-6-7-10-16)14(21)20(4)5/h13H,6-12H2,1-5H3,(H2,17,18,19). The molecule has 5 heteroatoms. The Bertz CT molecular complexity index is 357. The van der Waals surface area contributed by atoms with Crippen LogP contribution < -0.4 is 10.6 Å². The van der Waals surface area contributed by atoms with Crippen molar-refractivity contribution in [2.45, 2.75) is 46.0 Å². The van der Waals surface area contributed by atoms with E-state index in [-0.39, 0.29) is 11.3 Å². The molecule has 1 aliphatic rings. The third-order valence-electron chi connectivity index (χ3n) is 4.25. The number of nitrogens with zero attached hydrogens (tertiary/aromatic N) is 2. The van der Waals surface area contributed by atoms with E-state index in [9.17, 15) is 4.79 Å². The fraction of sp³-hybridized carbons (Fsp3) is 0.875. The summed E-state index contributed by atoms with van der Waals surface area (Å²) in [4.78, 5) is 18.5. The molecule has 0 heterocycles. The van der Waals surface area contributed by atoms with Gasteiger partial charge in [0.05, 0.1) is 5.41 Å². The lowest BCUT2D eigenvalue weighted by atomic mass is 9.84. The van der Waals surface area contributed by atoms with Gasteiger partial charge in [0, 0.05) is 34.2 Å². The van der Waals surface area contributed by atoms with Crippen molar-refractivity contribution in [2.75, 3.05) is 34.2 Å². The quantitative estimate of drug-likeness (QED) is 0.581. The van der Waals surface area contributed by atoms with Crippen LogP contribution in [-0.4, -0.2) is 51.0 Å². The Morgan fingerprint density at radius 2 is 1.86 bits per heavy atom. The molecule has 0 unspecified atom stereocenters. The molecule has 0 bridgehead atoms. The van der Waals surface area contributed by atoms with E-state index in [0.717, 1.165) is 44.6 Å². The molecule has 1 amide bonds. The van der Waals surface area contributed by atoms with Gasteiger partial charge in [-0.15, -0.1) is 0 Å². The highest BCUT2D eigenvalue weighted by Crippen LogP contribution is 2.38. The lowest BCUT2D eigenvalue weighted by Crippen LogP contribution is -2.49. The van der Waals surface area contributed by atoms with Crippen molar-refractivity contribution in [2.24, 2.45) is 16.3 Å². The minimum absolute atomic E-state index is 0.241. The highest BCUT2D eigenvalue weighted by molar-refractivity contribution is 5.85. The molecule has 0 spiro atoms. The van der Waals surface area contributed by atoms with Gasteiger partial charge in [0.25, 0.3) is 0 Å². The van der Waals surface area contributed by atoms with E-state index in [1.807, 2.05) is 14.1 Å². The number of hydrogen-bond donors (Lipinski definition) is 2. The first kappa shape index (κ1) is 17.8. The summed E-state index contributed by atoms with van der Waals surface area (Å²) < 4.78 is 0. The predicted octanol–water partition coefficient (Wildman–Crippen LogP) is 1.85. The van der Waals surface area contributed by atoms with Crippen molar-refractivity contribution >= 4 is 11.9 Å². The molecule has 0 atom stereocenters. The average molecular weight is 296 g/mol. The first-order valence-corrected chi connectivity index (χ1v) is 8.07. The van der Waals surface area contributed by atoms with E-state index in [1.165, 1.54) is 0 Å². The second-order valence-corrected chi connectivity index (χ2v) is 6.72. The van der Waals surface area contributed by atoms with Crippen LogP contribution in [0, 0.1) is 11.3 Å². The molecule has 1 rings (SSSR count). The van der Waals surface area contributed by atoms with Crippen molar-refractivity contribution in [3.05, 3.63) is 0 Å². The van der Waals surface area contributed by atoms with E-state index in [4.69, 9.17) is 0 Å². The Kier molecular flexibility index (Phi) is 6.99. The van der Waals surface area contributed by atoms with Gasteiger partial charge in [0.15, 0.2) is 5.96 Å². The molecule has 0 aliphatic heterocycles. The van der Waals surface area contributed by atoms with Gasteiger partial charge in [-0.1, -0.05) is 26.7 Å². The number of rotatable bonds is 6. The van der Waals surface area contributed by atoms with Crippen LogP contribution in [0.2, 0.25) is 0 Å². The Morgan fingerprint density at radius 3 is 2.33 bits per heavy atom. The average Bonchev–Trinajstić information content (AvgIpc) is 2.91. The molecule has 1 saturated carbocycles. The van der Waals surface area contributed by atoms with Crippen LogP contribution in [0.15, 0.2) is 4.99 Å². The molecule has 21 heavy (non-hydrogen) atoms. The summed E-state index contributed by atoms with van der Waals surface area (Å²) in [5, 5.41) is 6.68. The lowest BCUT2D eigenvalue weighted by Gasteiger charge is -2.31. The predicted molar refractivity (Wildman–Crippen MR) is 88.4 cm³/mol. The zero-order chi connectivity index (χ0) is 15.9. The molecule has 2 N–H and O–H groups in total. The monoisotopic (exact) mass is 296 g/mol. The summed E-state index contributed by atoms with van der Waals surface area (Å²) in [5.41, 5.74) is -0.251. The van der Waals surface area contributed by atoms with E-state index in [0.29, 0.717) is 12.5 Å². The first-order chi connectivity index (χ1) is 9.91. The fourth-order valence-electron chi connectivity index (χ4n) is 2.95. The molecular weight excluding hydrogens is 264 g/mol. The highest BCUT2D eigenvalue weighted by Gasteiger charge is 2.42. The van der Waals surface area contributed by atoms with Crippen LogP contribution in [0.1, 0.15) is 46.0 Å². The number of aliphatic imine (C=N–C) groups is 1. The van der Waals surface area contributed by atoms with Gasteiger partial charge in [0.1, 0.15) is 0 Å². The van der Waals surface area contributed by atoms with Gasteiger partial charge in [0.2, 0.25) is 5.91 Å². The van der Waals surface area contributed by atoms with E-state index in [1.54, 1.807) is 11.9 Å². The molecule has 1 aliphatic carbocycles. The number of guanidine groups is 1. The molecule has 0 aromatic rings. The van der Waals surface area contributed by atoms with Crippen molar-refractivity contribution in [1.29, 1.82) is 0 Å². The van der Waals surface area contributed by atoms with Crippen LogP contribution in [0.4, 0.5) is 0 Å². The maximum Gasteiger partial charge on any atom is 0.230 e. The Labute approximate surface area is 129 Å². The molecule has 0 radical (unpaired) electrons. The number of carbonyl (C=O) groups is 1. The topological polar surface area (TPSA) is 56.7 Å². The van der Waals surface area contributed by atoms with Crippen molar-refractivity contribution < 1.29 is 4.79 Å². The van der Waals surface area contributed by atoms with Gasteiger partial charge < -0.3 is 15.5 Å². The lowest BCUT2D eigenvalue weighted by molar-refractivity contribution is -0.138. The summed E-state index contributed by atoms with van der Waals surface area (Å²) in [7, 11) is 5.47. The first-order valence-electron chi connectivity index (χ1n) is 8.07. The Morgan fingerprint density at radius 1 is 1.24 bits per heavy atom. The molecular formula is C16H32N4O. The minimum Gasteiger partial charge on any atom is -0.356 e. The second kappa shape index (κ2) is 8.25. The maximum absolute atomic E-state index is 12.5. The van der Waals surface area contributed by atoms with Crippen molar-refractivity contribution in [3.63, 3.8) is 0 Å². The van der Waals surface area contributed by atoms with Crippen molar-refractivity contribution in [3.8, 4) is 0 Å². The summed E-state index contributed by atoms with van der Waals surface area (Å²) in [5.74, 6) is 1.71. The van der Waals surface area contributed by atoms with E-state index in [2.05, 4.69) is 29.5 Å².